The van der Waals surface area contributed by atoms with E-state index in [9.17, 15) is 68.4 Å². The lowest BCUT2D eigenvalue weighted by Gasteiger charge is -2.38. The molecule has 0 spiro atoms. The standard InChI is InChI=1S/C80H118N10O29/c1-105-30-31-107-34-35-109-38-39-111-42-43-113-46-47-115-50-51-116-49-48-114-45-44-112-41-40-110-37-36-108-33-32-106-29-22-67(92)84-25-5-3-12-62(88-76(100)64(54-81)90-69(94)17-18-70(90)95)75(99)85-26-19-68(93)87-63-52-59(13-15-65(63)118-79-73(98)71(96)72(97)74(119-79)78(102)103)56-117-80(104)86-61-11-6-10-60(53-61)77(101)89-27-20-57(21-28-89)8-2-4-24-83-66(91)16-14-58-9-7-23-82-55-58/h6-7,9-11,13-18,23,52-53,55,57,62,64,71-74,79,96-98H,2-5,8,12,19-22,24-51,54,56,81H2,1H3,(H,83,91)(H,84,92)(H,85,99)(H,86,104)(H,87,93)(H,88,100)(H,102,103)/b16-14+/t62-,64-,71-,72-,73+,74-,79+/m0/s1. The van der Waals surface area contributed by atoms with E-state index in [1.54, 1.807) is 54.7 Å². The third-order valence-electron chi connectivity index (χ3n) is 18.3. The van der Waals surface area contributed by atoms with Crippen LogP contribution in [0.3, 0.4) is 0 Å². The highest BCUT2D eigenvalue weighted by atomic mass is 16.7. The highest BCUT2D eigenvalue weighted by Gasteiger charge is 2.48. The van der Waals surface area contributed by atoms with Crippen LogP contribution in [0.25, 0.3) is 6.08 Å². The van der Waals surface area contributed by atoms with Gasteiger partial charge in [-0.05, 0) is 98.0 Å². The summed E-state index contributed by atoms with van der Waals surface area (Å²) < 4.78 is 81.9. The number of carbonyl (C=O) groups excluding carboxylic acids is 9. The molecular formula is C80H118N10O29. The minimum Gasteiger partial charge on any atom is -0.479 e. The molecule has 7 atom stereocenters. The van der Waals surface area contributed by atoms with Crippen LogP contribution in [0.5, 0.6) is 5.75 Å². The van der Waals surface area contributed by atoms with E-state index in [1.165, 1.54) is 30.3 Å². The van der Waals surface area contributed by atoms with Gasteiger partial charge in [-0.3, -0.25) is 53.6 Å². The molecule has 3 aliphatic rings. The van der Waals surface area contributed by atoms with Crippen molar-refractivity contribution in [2.24, 2.45) is 11.7 Å². The molecule has 2 fully saturated rings. The summed E-state index contributed by atoms with van der Waals surface area (Å²) in [6.45, 7) is 9.99. The molecule has 39 heteroatoms. The fraction of sp³-hybridized carbons (Fsp3) is 0.613. The fourth-order valence-electron chi connectivity index (χ4n) is 11.9. The minimum absolute atomic E-state index is 0.0297. The lowest BCUT2D eigenvalue weighted by Crippen LogP contribution is -2.61. The highest BCUT2D eigenvalue weighted by molar-refractivity contribution is 6.15. The van der Waals surface area contributed by atoms with Gasteiger partial charge >= 0.3 is 12.1 Å². The van der Waals surface area contributed by atoms with Crippen LogP contribution >= 0.6 is 0 Å². The quantitative estimate of drug-likeness (QED) is 0.0210. The van der Waals surface area contributed by atoms with Crippen LogP contribution in [-0.2, 0) is 111 Å². The van der Waals surface area contributed by atoms with E-state index in [2.05, 4.69) is 36.9 Å². The molecule has 12 N–H and O–H groups in total. The number of ether oxygens (including phenoxy) is 15. The van der Waals surface area contributed by atoms with Crippen molar-refractivity contribution >= 4 is 76.8 Å². The summed E-state index contributed by atoms with van der Waals surface area (Å²) >= 11 is 0. The number of methoxy groups -OCH3 is 1. The Morgan fingerprint density at radius 3 is 1.71 bits per heavy atom. The van der Waals surface area contributed by atoms with Crippen LogP contribution in [0, 0.1) is 5.92 Å². The number of rotatable bonds is 64. The number of nitrogens with zero attached hydrogens (tertiary/aromatic N) is 3. The van der Waals surface area contributed by atoms with Crippen LogP contribution in [0.2, 0.25) is 0 Å². The topological polar surface area (TPSA) is 508 Å². The first-order chi connectivity index (χ1) is 57.8. The number of benzene rings is 2. The van der Waals surface area contributed by atoms with E-state index in [1.807, 2.05) is 6.07 Å². The number of carboxylic acids is 1. The third-order valence-corrected chi connectivity index (χ3v) is 18.3. The number of carboxylic acid groups (broad SMARTS) is 1. The Kier molecular flexibility index (Phi) is 49.4. The van der Waals surface area contributed by atoms with Gasteiger partial charge in [-0.2, -0.15) is 0 Å². The number of aliphatic hydroxyl groups excluding tert-OH is 3. The summed E-state index contributed by atoms with van der Waals surface area (Å²) in [7, 11) is 1.63. The van der Waals surface area contributed by atoms with Crippen molar-refractivity contribution in [1.82, 2.24) is 36.1 Å². The van der Waals surface area contributed by atoms with Gasteiger partial charge < -0.3 is 129 Å². The number of aliphatic hydroxyl groups is 3. The van der Waals surface area contributed by atoms with Crippen LogP contribution in [0.1, 0.15) is 85.7 Å². The lowest BCUT2D eigenvalue weighted by atomic mass is 9.91. The number of nitrogens with one attached hydrogen (secondary N) is 6. The Morgan fingerprint density at radius 1 is 0.597 bits per heavy atom. The van der Waals surface area contributed by atoms with E-state index in [0.29, 0.717) is 175 Å². The first kappa shape index (κ1) is 98.7. The monoisotopic (exact) mass is 1680 g/mol. The number of aromatic nitrogens is 1. The van der Waals surface area contributed by atoms with Gasteiger partial charge in [-0.1, -0.05) is 31.0 Å². The molecule has 3 aliphatic heterocycles. The molecule has 662 valence electrons. The number of amides is 9. The first-order valence-corrected chi connectivity index (χ1v) is 40.0. The minimum atomic E-state index is -2.06. The molecular weight excluding hydrogens is 1560 g/mol. The van der Waals surface area contributed by atoms with Crippen LogP contribution in [0.15, 0.2) is 85.2 Å². The SMILES string of the molecule is COCCOCCOCCOCCOCCOCCOCCOCCOCCOCCOCCOCCC(=O)NCCCC[C@H](NC(=O)[C@H](CN)N1C(=O)C=CC1=O)C(=O)NCCC(=O)Nc1cc(COC(=O)Nc2cccc(C(=O)N3CCC(CCCCNC(=O)/C=C/c4cccnc4)CC3)c2)ccc1O[C@@H]1O[C@H](C(=O)O)[C@@H](O)[C@H](O)[C@H]1O. The van der Waals surface area contributed by atoms with Crippen molar-refractivity contribution in [1.29, 1.82) is 0 Å². The second kappa shape index (κ2) is 59.6. The van der Waals surface area contributed by atoms with E-state index >= 15 is 0 Å². The predicted octanol–water partition coefficient (Wildman–Crippen LogP) is 0.641. The normalized spacial score (nSPS) is 17.3. The molecule has 9 amide bonds. The van der Waals surface area contributed by atoms with Crippen molar-refractivity contribution in [3.8, 4) is 5.75 Å². The van der Waals surface area contributed by atoms with Crippen molar-refractivity contribution in [2.75, 3.05) is 209 Å². The van der Waals surface area contributed by atoms with E-state index in [-0.39, 0.29) is 92.6 Å². The Balaban J connectivity index is 0.856. The van der Waals surface area contributed by atoms with Crippen molar-refractivity contribution < 1.29 is 139 Å². The van der Waals surface area contributed by atoms with Crippen molar-refractivity contribution in [2.45, 2.75) is 114 Å². The predicted molar refractivity (Wildman–Crippen MR) is 425 cm³/mol. The fourth-order valence-corrected chi connectivity index (χ4v) is 11.9. The smallest absolute Gasteiger partial charge is 0.411 e. The second-order valence-electron chi connectivity index (χ2n) is 27.2. The van der Waals surface area contributed by atoms with Gasteiger partial charge in [0.25, 0.3) is 17.7 Å². The van der Waals surface area contributed by atoms with Gasteiger partial charge in [0.1, 0.15) is 42.8 Å². The molecule has 1 aromatic heterocycles. The molecule has 0 unspecified atom stereocenters. The average molecular weight is 1680 g/mol. The lowest BCUT2D eigenvalue weighted by molar-refractivity contribution is -0.271. The average Bonchev–Trinajstić information content (AvgIpc) is 1.37. The summed E-state index contributed by atoms with van der Waals surface area (Å²) in [5.41, 5.74) is 7.36. The Morgan fingerprint density at radius 2 is 1.16 bits per heavy atom. The molecule has 6 rings (SSSR count). The van der Waals surface area contributed by atoms with Gasteiger partial charge in [0.15, 0.2) is 6.10 Å². The Bertz CT molecular complexity index is 3540. The Labute approximate surface area is 691 Å². The number of likely N-dealkylation sites (tertiary alicyclic amines) is 1. The number of hydrogen-bond acceptors (Lipinski definition) is 30. The number of unbranched alkanes of at least 4 members (excludes halogenated alkanes) is 2. The van der Waals surface area contributed by atoms with Gasteiger partial charge in [-0.15, -0.1) is 0 Å². The van der Waals surface area contributed by atoms with Crippen LogP contribution < -0.4 is 42.4 Å². The van der Waals surface area contributed by atoms with Crippen molar-refractivity contribution in [3.05, 3.63) is 102 Å². The largest absolute Gasteiger partial charge is 0.479 e. The van der Waals surface area contributed by atoms with Crippen molar-refractivity contribution in [3.63, 3.8) is 0 Å². The van der Waals surface area contributed by atoms with Crippen LogP contribution in [-0.4, -0.2) is 336 Å². The molecule has 0 bridgehead atoms. The number of nitrogens with two attached hydrogens (primary N) is 1. The zero-order valence-corrected chi connectivity index (χ0v) is 67.5. The number of aliphatic carboxylic acids is 1. The zero-order chi connectivity index (χ0) is 85.5. The van der Waals surface area contributed by atoms with E-state index < -0.39 is 104 Å². The molecule has 0 saturated carbocycles. The number of pyridine rings is 1. The van der Waals surface area contributed by atoms with Crippen LogP contribution in [0.4, 0.5) is 16.2 Å². The molecule has 2 aromatic carbocycles. The molecule has 0 radical (unpaired) electrons. The van der Waals surface area contributed by atoms with E-state index in [4.69, 9.17) is 76.8 Å². The van der Waals surface area contributed by atoms with Gasteiger partial charge in [0.05, 0.1) is 158 Å². The first-order valence-electron chi connectivity index (χ1n) is 40.0. The maximum atomic E-state index is 13.9. The zero-order valence-electron chi connectivity index (χ0n) is 67.5. The number of imide groups is 1. The molecule has 39 nitrogen and oxygen atoms in total. The summed E-state index contributed by atoms with van der Waals surface area (Å²) in [5, 5.41) is 57.4. The number of anilines is 2. The highest BCUT2D eigenvalue weighted by Crippen LogP contribution is 2.32. The maximum Gasteiger partial charge on any atom is 0.411 e. The molecule has 119 heavy (non-hydrogen) atoms. The molecule has 0 aliphatic carbocycles. The van der Waals surface area contributed by atoms with Gasteiger partial charge in [-0.25, -0.2) is 9.59 Å². The van der Waals surface area contributed by atoms with E-state index in [0.717, 1.165) is 49.8 Å². The molecule has 3 aromatic rings. The number of piperidine rings is 1. The third kappa shape index (κ3) is 40.2. The number of carbonyl (C=O) groups is 10. The Hall–Kier alpha value is -9.11. The number of hydrogen-bond donors (Lipinski definition) is 11. The van der Waals surface area contributed by atoms with Gasteiger partial charge in [0, 0.05) is 101 Å². The molecule has 2 saturated heterocycles. The van der Waals surface area contributed by atoms with Gasteiger partial charge in [0.2, 0.25) is 35.8 Å². The summed E-state index contributed by atoms with van der Waals surface area (Å²) in [6.07, 6.45) is 1.85. The summed E-state index contributed by atoms with van der Waals surface area (Å²) in [6, 6.07) is 11.1. The second-order valence-corrected chi connectivity index (χ2v) is 27.2. The molecule has 4 heterocycles. The summed E-state index contributed by atoms with van der Waals surface area (Å²) in [4.78, 5) is 137. The maximum absolute atomic E-state index is 13.9. The summed E-state index contributed by atoms with van der Waals surface area (Å²) in [5.74, 6) is -6.32.